The van der Waals surface area contributed by atoms with E-state index in [0.29, 0.717) is 23.7 Å². The molecule has 3 rings (SSSR count). The minimum Gasteiger partial charge on any atom is -0.492 e. The molecule has 7 nitrogen and oxygen atoms in total. The van der Waals surface area contributed by atoms with Crippen LogP contribution in [0.2, 0.25) is 0 Å². The smallest absolute Gasteiger partial charge is 0.311 e. The Morgan fingerprint density at radius 1 is 1.17 bits per heavy atom. The van der Waals surface area contributed by atoms with Gasteiger partial charge in [0.2, 0.25) is 5.91 Å². The third-order valence-electron chi connectivity index (χ3n) is 4.56. The first-order valence-electron chi connectivity index (χ1n) is 9.53. The van der Waals surface area contributed by atoms with Crippen LogP contribution in [0.1, 0.15) is 18.9 Å². The van der Waals surface area contributed by atoms with Crippen molar-refractivity contribution in [3.8, 4) is 5.75 Å². The lowest BCUT2D eigenvalue weighted by Gasteiger charge is -2.19. The Labute approximate surface area is 169 Å². The van der Waals surface area contributed by atoms with Crippen LogP contribution in [0.25, 0.3) is 0 Å². The van der Waals surface area contributed by atoms with Gasteiger partial charge in [-0.3, -0.25) is 14.4 Å². The summed E-state index contributed by atoms with van der Waals surface area (Å²) < 4.78 is 10.7. The first kappa shape index (κ1) is 20.4. The quantitative estimate of drug-likeness (QED) is 0.728. The van der Waals surface area contributed by atoms with Gasteiger partial charge in [0.05, 0.1) is 18.2 Å². The maximum absolute atomic E-state index is 12.4. The van der Waals surface area contributed by atoms with E-state index >= 15 is 0 Å². The molecule has 0 saturated carbocycles. The Morgan fingerprint density at radius 2 is 1.97 bits per heavy atom. The van der Waals surface area contributed by atoms with E-state index in [2.05, 4.69) is 5.32 Å². The van der Waals surface area contributed by atoms with E-state index in [4.69, 9.17) is 9.47 Å². The second-order valence-electron chi connectivity index (χ2n) is 6.83. The molecule has 1 saturated heterocycles. The highest BCUT2D eigenvalue weighted by Gasteiger charge is 2.37. The number of para-hydroxylation sites is 2. The summed E-state index contributed by atoms with van der Waals surface area (Å²) in [6, 6.07) is 14.5. The number of anilines is 2. The molecule has 0 radical (unpaired) electrons. The topological polar surface area (TPSA) is 84.9 Å². The number of ether oxygens (including phenoxy) is 2. The zero-order valence-electron chi connectivity index (χ0n) is 16.5. The first-order valence-corrected chi connectivity index (χ1v) is 9.53. The lowest BCUT2D eigenvalue weighted by molar-refractivity contribution is -0.151. The number of nitrogens with zero attached hydrogens (tertiary/aromatic N) is 1. The van der Waals surface area contributed by atoms with E-state index in [-0.39, 0.29) is 18.9 Å². The summed E-state index contributed by atoms with van der Waals surface area (Å²) in [5.74, 6) is -1.19. The number of hydrogen-bond donors (Lipinski definition) is 1. The molecule has 152 valence electrons. The highest BCUT2D eigenvalue weighted by Crippen LogP contribution is 2.33. The van der Waals surface area contributed by atoms with Crippen molar-refractivity contribution in [1.29, 1.82) is 0 Å². The van der Waals surface area contributed by atoms with Crippen molar-refractivity contribution in [3.05, 3.63) is 54.1 Å². The van der Waals surface area contributed by atoms with Crippen LogP contribution in [0.5, 0.6) is 5.75 Å². The molecule has 7 heteroatoms. The van der Waals surface area contributed by atoms with E-state index < -0.39 is 24.4 Å². The van der Waals surface area contributed by atoms with Crippen molar-refractivity contribution < 1.29 is 23.9 Å². The summed E-state index contributed by atoms with van der Waals surface area (Å²) in [5.41, 5.74) is 2.28. The zero-order valence-corrected chi connectivity index (χ0v) is 16.5. The average molecular weight is 396 g/mol. The highest BCUT2D eigenvalue weighted by molar-refractivity contribution is 6.01. The molecule has 2 amide bonds. The van der Waals surface area contributed by atoms with Gasteiger partial charge in [-0.1, -0.05) is 24.3 Å². The second-order valence-corrected chi connectivity index (χ2v) is 6.83. The molecular weight excluding hydrogens is 372 g/mol. The molecule has 1 aliphatic heterocycles. The van der Waals surface area contributed by atoms with Crippen LogP contribution < -0.4 is 15.0 Å². The normalized spacial score (nSPS) is 15.9. The average Bonchev–Trinajstić information content (AvgIpc) is 3.08. The Balaban J connectivity index is 1.56. The summed E-state index contributed by atoms with van der Waals surface area (Å²) >= 11 is 0. The third kappa shape index (κ3) is 5.13. The third-order valence-corrected chi connectivity index (χ3v) is 4.56. The van der Waals surface area contributed by atoms with E-state index in [9.17, 15) is 14.4 Å². The predicted octanol–water partition coefficient (Wildman–Crippen LogP) is 2.93. The van der Waals surface area contributed by atoms with Crippen LogP contribution in [0.15, 0.2) is 48.5 Å². The fraction of sp³-hybridized carbons (Fsp3) is 0.318. The molecule has 0 unspecified atom stereocenters. The van der Waals surface area contributed by atoms with Gasteiger partial charge in [0.25, 0.3) is 5.91 Å². The number of aryl methyl sites for hydroxylation is 1. The standard InChI is InChI=1S/C22H24N2O5/c1-3-28-19-10-5-4-9-18(19)24-13-16(12-21(24)26)22(27)29-14-20(25)23-17-8-6-7-15(2)11-17/h4-11,16H,3,12-14H2,1-2H3,(H,23,25)/t16-/m1/s1. The van der Waals surface area contributed by atoms with Gasteiger partial charge in [-0.2, -0.15) is 0 Å². The zero-order chi connectivity index (χ0) is 20.8. The van der Waals surface area contributed by atoms with Crippen LogP contribution in [-0.2, 0) is 19.1 Å². The monoisotopic (exact) mass is 396 g/mol. The van der Waals surface area contributed by atoms with Gasteiger partial charge in [-0.05, 0) is 43.7 Å². The number of carbonyl (C=O) groups excluding carboxylic acids is 3. The molecule has 2 aromatic carbocycles. The van der Waals surface area contributed by atoms with Gasteiger partial charge < -0.3 is 19.7 Å². The largest absolute Gasteiger partial charge is 0.492 e. The summed E-state index contributed by atoms with van der Waals surface area (Å²) in [4.78, 5) is 38.4. The number of hydrogen-bond acceptors (Lipinski definition) is 5. The van der Waals surface area contributed by atoms with Gasteiger partial charge in [0.15, 0.2) is 6.61 Å². The minimum atomic E-state index is -0.621. The molecule has 2 aromatic rings. The second kappa shape index (κ2) is 9.23. The van der Waals surface area contributed by atoms with Crippen molar-refractivity contribution in [2.24, 2.45) is 5.92 Å². The van der Waals surface area contributed by atoms with Gasteiger partial charge >= 0.3 is 5.97 Å². The molecular formula is C22H24N2O5. The summed E-state index contributed by atoms with van der Waals surface area (Å²) in [6.07, 6.45) is 0.0405. The van der Waals surface area contributed by atoms with Crippen LogP contribution in [-0.4, -0.2) is 37.5 Å². The maximum Gasteiger partial charge on any atom is 0.311 e. The number of nitrogens with one attached hydrogen (secondary N) is 1. The number of benzene rings is 2. The van der Waals surface area contributed by atoms with E-state index in [1.807, 2.05) is 44.2 Å². The molecule has 0 spiro atoms. The van der Waals surface area contributed by atoms with Crippen LogP contribution in [0, 0.1) is 12.8 Å². The first-order chi connectivity index (χ1) is 14.0. The maximum atomic E-state index is 12.4. The van der Waals surface area contributed by atoms with Gasteiger partial charge in [0, 0.05) is 18.7 Å². The minimum absolute atomic E-state index is 0.0405. The van der Waals surface area contributed by atoms with E-state index in [1.165, 1.54) is 4.90 Å². The number of amides is 2. The van der Waals surface area contributed by atoms with Crippen molar-refractivity contribution in [3.63, 3.8) is 0 Å². The van der Waals surface area contributed by atoms with Gasteiger partial charge in [0.1, 0.15) is 5.75 Å². The number of rotatable bonds is 7. The van der Waals surface area contributed by atoms with Crippen molar-refractivity contribution in [1.82, 2.24) is 0 Å². The SMILES string of the molecule is CCOc1ccccc1N1C[C@H](C(=O)OCC(=O)Nc2cccc(C)c2)CC1=O. The van der Waals surface area contributed by atoms with Gasteiger partial charge in [-0.15, -0.1) is 0 Å². The van der Waals surface area contributed by atoms with Crippen molar-refractivity contribution in [2.75, 3.05) is 30.0 Å². The lowest BCUT2D eigenvalue weighted by Crippen LogP contribution is -2.28. The highest BCUT2D eigenvalue weighted by atomic mass is 16.5. The Kier molecular flexibility index (Phi) is 6.49. The summed E-state index contributed by atoms with van der Waals surface area (Å²) in [5, 5.41) is 2.68. The number of carbonyl (C=O) groups is 3. The molecule has 1 aliphatic rings. The molecule has 1 heterocycles. The molecule has 0 aromatic heterocycles. The Morgan fingerprint density at radius 3 is 2.72 bits per heavy atom. The summed E-state index contributed by atoms with van der Waals surface area (Å²) in [7, 11) is 0. The summed E-state index contributed by atoms with van der Waals surface area (Å²) in [6.45, 7) is 4.06. The number of esters is 1. The fourth-order valence-electron chi connectivity index (χ4n) is 3.23. The Bertz CT molecular complexity index is 912. The molecule has 1 atom stereocenters. The van der Waals surface area contributed by atoms with Crippen LogP contribution in [0.4, 0.5) is 11.4 Å². The van der Waals surface area contributed by atoms with Crippen molar-refractivity contribution in [2.45, 2.75) is 20.3 Å². The van der Waals surface area contributed by atoms with Crippen molar-refractivity contribution >= 4 is 29.2 Å². The molecule has 0 aliphatic carbocycles. The molecule has 1 fully saturated rings. The lowest BCUT2D eigenvalue weighted by atomic mass is 10.1. The predicted molar refractivity (Wildman–Crippen MR) is 109 cm³/mol. The van der Waals surface area contributed by atoms with Crippen LogP contribution in [0.3, 0.4) is 0 Å². The Hall–Kier alpha value is -3.35. The van der Waals surface area contributed by atoms with Gasteiger partial charge in [-0.25, -0.2) is 0 Å². The van der Waals surface area contributed by atoms with E-state index in [1.54, 1.807) is 18.2 Å². The molecule has 29 heavy (non-hydrogen) atoms. The fourth-order valence-corrected chi connectivity index (χ4v) is 3.23. The van der Waals surface area contributed by atoms with Crippen LogP contribution >= 0.6 is 0 Å². The van der Waals surface area contributed by atoms with E-state index in [0.717, 1.165) is 5.56 Å². The molecule has 0 bridgehead atoms. The molecule has 1 N–H and O–H groups in total.